The summed E-state index contributed by atoms with van der Waals surface area (Å²) < 4.78 is 45.9. The molecule has 1 heterocycles. The number of hydrogen-bond acceptors (Lipinski definition) is 4. The molecule has 154 valence electrons. The molecule has 0 aliphatic heterocycles. The van der Waals surface area contributed by atoms with Gasteiger partial charge in [-0.1, -0.05) is 23.7 Å². The molecule has 0 aliphatic carbocycles. The molecule has 0 aliphatic rings. The van der Waals surface area contributed by atoms with Gasteiger partial charge in [-0.25, -0.2) is 4.98 Å². The van der Waals surface area contributed by atoms with Gasteiger partial charge in [0.1, 0.15) is 11.9 Å². The lowest BCUT2D eigenvalue weighted by molar-refractivity contribution is -0.142. The molecule has 2 aromatic carbocycles. The molecule has 0 spiro atoms. The van der Waals surface area contributed by atoms with Crippen molar-refractivity contribution in [1.29, 1.82) is 0 Å². The molecule has 9 heteroatoms. The van der Waals surface area contributed by atoms with Gasteiger partial charge in [0.2, 0.25) is 0 Å². The van der Waals surface area contributed by atoms with Crippen molar-refractivity contribution >= 4 is 28.6 Å². The van der Waals surface area contributed by atoms with Crippen molar-refractivity contribution in [3.8, 4) is 5.69 Å². The summed E-state index contributed by atoms with van der Waals surface area (Å²) >= 11 is 5.87. The molecule has 5 nitrogen and oxygen atoms in total. The maximum Gasteiger partial charge on any atom is 0.417 e. The molecule has 29 heavy (non-hydrogen) atoms. The number of nitrogens with zero attached hydrogens (tertiary/aromatic N) is 2. The topological polar surface area (TPSA) is 64.3 Å². The van der Waals surface area contributed by atoms with Gasteiger partial charge in [0.15, 0.2) is 0 Å². The number of esters is 1. The van der Waals surface area contributed by atoms with Gasteiger partial charge in [-0.05, 0) is 43.7 Å². The second-order valence-electron chi connectivity index (χ2n) is 6.45. The fourth-order valence-corrected chi connectivity index (χ4v) is 3.29. The Hall–Kier alpha value is -2.58. The highest BCUT2D eigenvalue weighted by Crippen LogP contribution is 2.38. The molecular weight excluding hydrogens is 409 g/mol. The minimum atomic E-state index is -4.62. The summed E-state index contributed by atoms with van der Waals surface area (Å²) in [5.74, 6) is -0.182. The highest BCUT2D eigenvalue weighted by atomic mass is 35.5. The number of carbonyl (C=O) groups excluding carboxylic acids is 1. The Balaban J connectivity index is 2.09. The van der Waals surface area contributed by atoms with Gasteiger partial charge in [0.05, 0.1) is 34.6 Å². The van der Waals surface area contributed by atoms with Crippen LogP contribution in [0.1, 0.15) is 36.9 Å². The van der Waals surface area contributed by atoms with Crippen LogP contribution in [-0.4, -0.2) is 27.2 Å². The van der Waals surface area contributed by atoms with Gasteiger partial charge >= 0.3 is 12.1 Å². The maximum atomic E-state index is 13.2. The van der Waals surface area contributed by atoms with Gasteiger partial charge in [-0.2, -0.15) is 13.2 Å². The number of aliphatic hydroxyl groups is 1. The number of benzene rings is 2. The predicted molar refractivity (Wildman–Crippen MR) is 102 cm³/mol. The molecule has 0 saturated heterocycles. The molecular formula is C20H18ClF3N2O3. The van der Waals surface area contributed by atoms with Crippen molar-refractivity contribution in [1.82, 2.24) is 9.55 Å². The fourth-order valence-electron chi connectivity index (χ4n) is 3.03. The van der Waals surface area contributed by atoms with Crippen LogP contribution in [0.4, 0.5) is 13.2 Å². The van der Waals surface area contributed by atoms with Crippen LogP contribution in [0.2, 0.25) is 5.02 Å². The molecule has 1 N–H and O–H groups in total. The summed E-state index contributed by atoms with van der Waals surface area (Å²) in [6.45, 7) is 3.48. The van der Waals surface area contributed by atoms with Crippen molar-refractivity contribution in [2.45, 2.75) is 32.5 Å². The molecule has 1 aromatic heterocycles. The fraction of sp³-hybridized carbons (Fsp3) is 0.300. The lowest BCUT2D eigenvalue weighted by Crippen LogP contribution is -2.08. The van der Waals surface area contributed by atoms with E-state index in [0.29, 0.717) is 16.8 Å². The van der Waals surface area contributed by atoms with E-state index in [9.17, 15) is 23.1 Å². The van der Waals surface area contributed by atoms with E-state index in [2.05, 4.69) is 4.98 Å². The van der Waals surface area contributed by atoms with E-state index in [4.69, 9.17) is 16.3 Å². The first-order chi connectivity index (χ1) is 13.6. The lowest BCUT2D eigenvalue weighted by Gasteiger charge is -2.13. The van der Waals surface area contributed by atoms with Gasteiger partial charge in [0.25, 0.3) is 0 Å². The van der Waals surface area contributed by atoms with Crippen molar-refractivity contribution < 1.29 is 27.8 Å². The molecule has 0 fully saturated rings. The molecule has 0 amide bonds. The third-order valence-corrected chi connectivity index (χ3v) is 4.61. The number of rotatable bonds is 5. The van der Waals surface area contributed by atoms with E-state index in [1.54, 1.807) is 35.8 Å². The van der Waals surface area contributed by atoms with E-state index in [-0.39, 0.29) is 30.3 Å². The van der Waals surface area contributed by atoms with E-state index in [1.165, 1.54) is 13.0 Å². The number of aromatic nitrogens is 2. The zero-order chi connectivity index (χ0) is 21.3. The minimum Gasteiger partial charge on any atom is -0.466 e. The number of imidazole rings is 1. The van der Waals surface area contributed by atoms with Crippen molar-refractivity contribution in [3.63, 3.8) is 0 Å². The number of aliphatic hydroxyl groups excluding tert-OH is 1. The standard InChI is InChI=1S/C20H18ClF3N2O3/c1-3-29-18(28)8-12-4-6-13(7-5-12)26-17-10-15(21)14(20(22,23)24)9-16(17)25-19(26)11(2)27/h4-7,9-11,27H,3,8H2,1-2H3. The second-order valence-corrected chi connectivity index (χ2v) is 6.86. The maximum absolute atomic E-state index is 13.2. The van der Waals surface area contributed by atoms with Crippen LogP contribution in [0.3, 0.4) is 0 Å². The summed E-state index contributed by atoms with van der Waals surface area (Å²) in [4.78, 5) is 15.8. The van der Waals surface area contributed by atoms with Crippen molar-refractivity contribution in [3.05, 3.63) is 58.4 Å². The van der Waals surface area contributed by atoms with E-state index in [1.807, 2.05) is 0 Å². The molecule has 0 radical (unpaired) electrons. The Morgan fingerprint density at radius 3 is 2.48 bits per heavy atom. The Morgan fingerprint density at radius 2 is 1.93 bits per heavy atom. The largest absolute Gasteiger partial charge is 0.466 e. The number of carbonyl (C=O) groups is 1. The Morgan fingerprint density at radius 1 is 1.28 bits per heavy atom. The van der Waals surface area contributed by atoms with Gasteiger partial charge in [-0.15, -0.1) is 0 Å². The van der Waals surface area contributed by atoms with Crippen LogP contribution in [0.15, 0.2) is 36.4 Å². The summed E-state index contributed by atoms with van der Waals surface area (Å²) in [6, 6.07) is 8.84. The highest BCUT2D eigenvalue weighted by Gasteiger charge is 2.34. The van der Waals surface area contributed by atoms with Crippen LogP contribution < -0.4 is 0 Å². The lowest BCUT2D eigenvalue weighted by atomic mass is 10.1. The molecule has 3 aromatic rings. The summed E-state index contributed by atoms with van der Waals surface area (Å²) in [5.41, 5.74) is 0.683. The van der Waals surface area contributed by atoms with Gasteiger partial charge in [0, 0.05) is 5.69 Å². The van der Waals surface area contributed by atoms with Crippen LogP contribution in [0.25, 0.3) is 16.7 Å². The van der Waals surface area contributed by atoms with E-state index >= 15 is 0 Å². The number of hydrogen-bond donors (Lipinski definition) is 1. The zero-order valence-corrected chi connectivity index (χ0v) is 16.4. The Bertz CT molecular complexity index is 1040. The molecule has 3 rings (SSSR count). The van der Waals surface area contributed by atoms with Crippen molar-refractivity contribution in [2.75, 3.05) is 6.61 Å². The number of alkyl halides is 3. The summed E-state index contributed by atoms with van der Waals surface area (Å²) in [7, 11) is 0. The van der Waals surface area contributed by atoms with E-state index in [0.717, 1.165) is 6.07 Å². The Labute approximate surface area is 169 Å². The summed E-state index contributed by atoms with van der Waals surface area (Å²) in [6.07, 6.45) is -5.55. The average Bonchev–Trinajstić information content (AvgIpc) is 2.99. The number of fused-ring (bicyclic) bond motifs is 1. The number of ether oxygens (including phenoxy) is 1. The normalized spacial score (nSPS) is 12.9. The van der Waals surface area contributed by atoms with Crippen LogP contribution in [-0.2, 0) is 22.1 Å². The molecule has 0 bridgehead atoms. The Kier molecular flexibility index (Phi) is 5.86. The minimum absolute atomic E-state index is 0.0632. The first kappa shape index (κ1) is 21.1. The number of halogens is 4. The zero-order valence-electron chi connectivity index (χ0n) is 15.6. The van der Waals surface area contributed by atoms with Crippen LogP contribution in [0, 0.1) is 0 Å². The quantitative estimate of drug-likeness (QED) is 0.592. The van der Waals surface area contributed by atoms with E-state index < -0.39 is 22.9 Å². The van der Waals surface area contributed by atoms with Crippen molar-refractivity contribution in [2.24, 2.45) is 0 Å². The first-order valence-corrected chi connectivity index (χ1v) is 9.21. The molecule has 1 atom stereocenters. The smallest absolute Gasteiger partial charge is 0.417 e. The second kappa shape index (κ2) is 8.04. The van der Waals surface area contributed by atoms with Gasteiger partial charge < -0.3 is 9.84 Å². The first-order valence-electron chi connectivity index (χ1n) is 8.84. The average molecular weight is 427 g/mol. The third-order valence-electron chi connectivity index (χ3n) is 4.30. The third kappa shape index (κ3) is 4.38. The van der Waals surface area contributed by atoms with Gasteiger partial charge in [-0.3, -0.25) is 9.36 Å². The molecule has 1 unspecified atom stereocenters. The van der Waals surface area contributed by atoms with Crippen LogP contribution >= 0.6 is 11.6 Å². The molecule has 0 saturated carbocycles. The SMILES string of the molecule is CCOC(=O)Cc1ccc(-n2c(C(C)O)nc3cc(C(F)(F)F)c(Cl)cc32)cc1. The monoisotopic (exact) mass is 426 g/mol. The highest BCUT2D eigenvalue weighted by molar-refractivity contribution is 6.32. The predicted octanol–water partition coefficient (Wildman–Crippen LogP) is 4.86. The van der Waals surface area contributed by atoms with Crippen LogP contribution in [0.5, 0.6) is 0 Å². The summed E-state index contributed by atoms with van der Waals surface area (Å²) in [5, 5.41) is 9.64.